The van der Waals surface area contributed by atoms with Gasteiger partial charge in [-0.3, -0.25) is 0 Å². The van der Waals surface area contributed by atoms with Crippen molar-refractivity contribution < 1.29 is 4.74 Å². The van der Waals surface area contributed by atoms with Gasteiger partial charge in [0.2, 0.25) is 0 Å². The Labute approximate surface area is 112 Å². The van der Waals surface area contributed by atoms with Gasteiger partial charge in [-0.25, -0.2) is 0 Å². The van der Waals surface area contributed by atoms with Crippen LogP contribution in [0.2, 0.25) is 0 Å². The Morgan fingerprint density at radius 2 is 2.00 bits per heavy atom. The second kappa shape index (κ2) is 7.46. The third-order valence-corrected chi connectivity index (χ3v) is 4.61. The summed E-state index contributed by atoms with van der Waals surface area (Å²) < 4.78 is 5.86. The smallest absolute Gasteiger partial charge is 0.0590 e. The van der Waals surface area contributed by atoms with E-state index in [1.807, 2.05) is 0 Å². The fourth-order valence-corrected chi connectivity index (χ4v) is 3.53. The fraction of sp³-hybridized carbons (Fsp3) is 1.00. The highest BCUT2D eigenvalue weighted by Gasteiger charge is 2.29. The summed E-state index contributed by atoms with van der Waals surface area (Å²) in [6.07, 6.45) is 8.28. The molecule has 1 N–H and O–H groups in total. The van der Waals surface area contributed by atoms with Gasteiger partial charge in [-0.1, -0.05) is 13.3 Å². The van der Waals surface area contributed by atoms with E-state index < -0.39 is 0 Å². The molecule has 2 aliphatic rings. The van der Waals surface area contributed by atoms with Crippen molar-refractivity contribution in [1.29, 1.82) is 0 Å². The van der Waals surface area contributed by atoms with E-state index in [1.165, 1.54) is 58.2 Å². The van der Waals surface area contributed by atoms with Gasteiger partial charge in [0, 0.05) is 12.6 Å². The van der Waals surface area contributed by atoms with E-state index in [0.717, 1.165) is 18.6 Å². The van der Waals surface area contributed by atoms with Crippen LogP contribution in [0.25, 0.3) is 0 Å². The molecule has 0 aromatic rings. The van der Waals surface area contributed by atoms with Crippen molar-refractivity contribution >= 4 is 0 Å². The summed E-state index contributed by atoms with van der Waals surface area (Å²) in [5, 5.41) is 3.32. The average Bonchev–Trinajstić information content (AvgIpc) is 2.41. The summed E-state index contributed by atoms with van der Waals surface area (Å²) in [5.74, 6) is 0.900. The van der Waals surface area contributed by atoms with Crippen LogP contribution < -0.4 is 5.32 Å². The van der Waals surface area contributed by atoms with Crippen LogP contribution in [0.4, 0.5) is 0 Å². The Bertz CT molecular complexity index is 225. The molecule has 0 saturated carbocycles. The van der Waals surface area contributed by atoms with Crippen LogP contribution in [0.3, 0.4) is 0 Å². The predicted molar refractivity (Wildman–Crippen MR) is 75.9 cm³/mol. The number of hydrogen-bond donors (Lipinski definition) is 1. The zero-order valence-corrected chi connectivity index (χ0v) is 12.2. The molecule has 0 bridgehead atoms. The lowest BCUT2D eigenvalue weighted by Crippen LogP contribution is -2.46. The maximum absolute atomic E-state index is 5.86. The Balaban J connectivity index is 1.75. The van der Waals surface area contributed by atoms with Crippen LogP contribution in [0.15, 0.2) is 0 Å². The van der Waals surface area contributed by atoms with E-state index in [4.69, 9.17) is 4.74 Å². The average molecular weight is 254 g/mol. The zero-order chi connectivity index (χ0) is 12.8. The lowest BCUT2D eigenvalue weighted by molar-refractivity contribution is -0.0368. The SMILES string of the molecule is CCCC1CC(N2CCC(CNC)CC2)CCO1. The quantitative estimate of drug-likeness (QED) is 0.814. The first-order chi connectivity index (χ1) is 8.83. The molecular formula is C15H30N2O. The molecule has 106 valence electrons. The van der Waals surface area contributed by atoms with Gasteiger partial charge in [0.25, 0.3) is 0 Å². The van der Waals surface area contributed by atoms with Crippen LogP contribution in [0, 0.1) is 5.92 Å². The lowest BCUT2D eigenvalue weighted by atomic mass is 9.92. The van der Waals surface area contributed by atoms with Gasteiger partial charge in [-0.05, 0) is 64.7 Å². The van der Waals surface area contributed by atoms with Crippen molar-refractivity contribution in [3.05, 3.63) is 0 Å². The van der Waals surface area contributed by atoms with Crippen molar-refractivity contribution in [3.8, 4) is 0 Å². The number of rotatable bonds is 5. The van der Waals surface area contributed by atoms with Gasteiger partial charge < -0.3 is 15.0 Å². The van der Waals surface area contributed by atoms with E-state index in [-0.39, 0.29) is 0 Å². The van der Waals surface area contributed by atoms with Crippen molar-refractivity contribution in [2.75, 3.05) is 33.3 Å². The maximum Gasteiger partial charge on any atom is 0.0590 e. The second-order valence-electron chi connectivity index (χ2n) is 6.00. The number of nitrogens with one attached hydrogen (secondary N) is 1. The summed E-state index contributed by atoms with van der Waals surface area (Å²) in [4.78, 5) is 2.73. The molecule has 2 unspecified atom stereocenters. The normalized spacial score (nSPS) is 31.7. The molecule has 2 atom stereocenters. The minimum Gasteiger partial charge on any atom is -0.378 e. The molecule has 0 amide bonds. The lowest BCUT2D eigenvalue weighted by Gasteiger charge is -2.41. The van der Waals surface area contributed by atoms with Gasteiger partial charge in [-0.2, -0.15) is 0 Å². The van der Waals surface area contributed by atoms with Crippen LogP contribution in [-0.4, -0.2) is 50.3 Å². The summed E-state index contributed by atoms with van der Waals surface area (Å²) >= 11 is 0. The van der Waals surface area contributed by atoms with Crippen LogP contribution in [-0.2, 0) is 4.74 Å². The van der Waals surface area contributed by atoms with E-state index in [2.05, 4.69) is 24.2 Å². The largest absolute Gasteiger partial charge is 0.378 e. The number of nitrogens with zero attached hydrogens (tertiary/aromatic N) is 1. The molecule has 2 saturated heterocycles. The Kier molecular flexibility index (Phi) is 5.93. The topological polar surface area (TPSA) is 24.5 Å². The highest BCUT2D eigenvalue weighted by Crippen LogP contribution is 2.26. The number of piperidine rings is 1. The third kappa shape index (κ3) is 3.94. The van der Waals surface area contributed by atoms with Crippen LogP contribution in [0.5, 0.6) is 0 Å². The molecular weight excluding hydrogens is 224 g/mol. The van der Waals surface area contributed by atoms with Crippen LogP contribution >= 0.6 is 0 Å². The Morgan fingerprint density at radius 1 is 1.22 bits per heavy atom. The second-order valence-corrected chi connectivity index (χ2v) is 6.00. The Hall–Kier alpha value is -0.120. The molecule has 3 nitrogen and oxygen atoms in total. The summed E-state index contributed by atoms with van der Waals surface area (Å²) in [6, 6.07) is 0.797. The summed E-state index contributed by atoms with van der Waals surface area (Å²) in [5.41, 5.74) is 0. The van der Waals surface area contributed by atoms with E-state index >= 15 is 0 Å². The third-order valence-electron chi connectivity index (χ3n) is 4.61. The van der Waals surface area contributed by atoms with Crippen molar-refractivity contribution in [2.24, 2.45) is 5.92 Å². The molecule has 2 fully saturated rings. The minimum absolute atomic E-state index is 0.531. The van der Waals surface area contributed by atoms with Gasteiger partial charge in [-0.15, -0.1) is 0 Å². The first kappa shape index (κ1) is 14.3. The van der Waals surface area contributed by atoms with Gasteiger partial charge in [0.1, 0.15) is 0 Å². The zero-order valence-electron chi connectivity index (χ0n) is 12.2. The fourth-order valence-electron chi connectivity index (χ4n) is 3.53. The molecule has 18 heavy (non-hydrogen) atoms. The predicted octanol–water partition coefficient (Wildman–Crippen LogP) is 2.27. The molecule has 0 aliphatic carbocycles. The molecule has 2 rings (SSSR count). The van der Waals surface area contributed by atoms with E-state index in [1.54, 1.807) is 0 Å². The van der Waals surface area contributed by atoms with Gasteiger partial charge >= 0.3 is 0 Å². The highest BCUT2D eigenvalue weighted by molar-refractivity contribution is 4.83. The van der Waals surface area contributed by atoms with Crippen molar-refractivity contribution in [1.82, 2.24) is 10.2 Å². The molecule has 2 heterocycles. The Morgan fingerprint density at radius 3 is 2.67 bits per heavy atom. The van der Waals surface area contributed by atoms with Gasteiger partial charge in [0.05, 0.1) is 6.10 Å². The first-order valence-electron chi connectivity index (χ1n) is 7.83. The van der Waals surface area contributed by atoms with E-state index in [0.29, 0.717) is 6.10 Å². The molecule has 0 aromatic heterocycles. The molecule has 2 aliphatic heterocycles. The minimum atomic E-state index is 0.531. The molecule has 0 radical (unpaired) electrons. The summed E-state index contributed by atoms with van der Waals surface area (Å²) in [6.45, 7) is 7.04. The number of likely N-dealkylation sites (tertiary alicyclic amines) is 1. The monoisotopic (exact) mass is 254 g/mol. The maximum atomic E-state index is 5.86. The first-order valence-corrected chi connectivity index (χ1v) is 7.83. The van der Waals surface area contributed by atoms with E-state index in [9.17, 15) is 0 Å². The number of hydrogen-bond acceptors (Lipinski definition) is 3. The number of ether oxygens (including phenoxy) is 1. The molecule has 0 spiro atoms. The van der Waals surface area contributed by atoms with Crippen molar-refractivity contribution in [2.45, 2.75) is 57.6 Å². The van der Waals surface area contributed by atoms with Gasteiger partial charge in [0.15, 0.2) is 0 Å². The van der Waals surface area contributed by atoms with Crippen molar-refractivity contribution in [3.63, 3.8) is 0 Å². The molecule has 3 heteroatoms. The molecule has 0 aromatic carbocycles. The highest BCUT2D eigenvalue weighted by atomic mass is 16.5. The summed E-state index contributed by atoms with van der Waals surface area (Å²) in [7, 11) is 2.07. The van der Waals surface area contributed by atoms with Crippen LogP contribution in [0.1, 0.15) is 45.4 Å². The standard InChI is InChI=1S/C15H30N2O/c1-3-4-15-11-14(7-10-18-15)17-8-5-13(6-9-17)12-16-2/h13-16H,3-12H2,1-2H3.